The summed E-state index contributed by atoms with van der Waals surface area (Å²) in [6, 6.07) is 1.87. The van der Waals surface area contributed by atoms with Gasteiger partial charge in [0, 0.05) is 24.4 Å². The van der Waals surface area contributed by atoms with E-state index in [2.05, 4.69) is 21.9 Å². The molecule has 2 aromatic heterocycles. The van der Waals surface area contributed by atoms with E-state index in [1.54, 1.807) is 4.57 Å². The number of rotatable bonds is 5. The number of hydrogen-bond acceptors (Lipinski definition) is 4. The van der Waals surface area contributed by atoms with E-state index in [0.29, 0.717) is 5.82 Å². The Balaban J connectivity index is 2.41. The summed E-state index contributed by atoms with van der Waals surface area (Å²) in [6.45, 7) is 4.08. The predicted octanol–water partition coefficient (Wildman–Crippen LogP) is 1.88. The highest BCUT2D eigenvalue weighted by Gasteiger charge is 2.10. The highest BCUT2D eigenvalue weighted by Crippen LogP contribution is 2.10. The Hall–Kier alpha value is -2.24. The highest BCUT2D eigenvalue weighted by atomic mass is 16.4. The largest absolute Gasteiger partial charge is 0.476 e. The summed E-state index contributed by atoms with van der Waals surface area (Å²) in [6.07, 6.45) is 5.54. The number of nitrogens with zero attached hydrogens (tertiary/aromatic N) is 4. The molecule has 0 atom stereocenters. The van der Waals surface area contributed by atoms with Crippen molar-refractivity contribution >= 4 is 5.97 Å². The molecule has 0 saturated heterocycles. The van der Waals surface area contributed by atoms with Crippen LogP contribution < -0.4 is 0 Å². The molecule has 1 N–H and O–H groups in total. The van der Waals surface area contributed by atoms with E-state index in [0.717, 1.165) is 30.8 Å². The minimum Gasteiger partial charge on any atom is -0.476 e. The number of carbonyl (C=O) groups is 1. The van der Waals surface area contributed by atoms with Gasteiger partial charge in [0.2, 0.25) is 0 Å². The van der Waals surface area contributed by atoms with Gasteiger partial charge in [0.15, 0.2) is 5.69 Å². The van der Waals surface area contributed by atoms with Crippen molar-refractivity contribution in [2.24, 2.45) is 0 Å². The molecule has 0 aromatic carbocycles. The van der Waals surface area contributed by atoms with E-state index in [4.69, 9.17) is 5.11 Å². The Morgan fingerprint density at radius 3 is 2.74 bits per heavy atom. The molecule has 100 valence electrons. The van der Waals surface area contributed by atoms with Gasteiger partial charge in [0.25, 0.3) is 0 Å². The van der Waals surface area contributed by atoms with Crippen LogP contribution in [0.5, 0.6) is 0 Å². The lowest BCUT2D eigenvalue weighted by Gasteiger charge is -2.06. The molecule has 19 heavy (non-hydrogen) atoms. The van der Waals surface area contributed by atoms with Crippen LogP contribution in [-0.4, -0.2) is 30.6 Å². The Bertz CT molecular complexity index is 592. The van der Waals surface area contributed by atoms with Crippen LogP contribution in [0.3, 0.4) is 0 Å². The molecule has 0 saturated carbocycles. The molecule has 0 aliphatic carbocycles. The summed E-state index contributed by atoms with van der Waals surface area (Å²) in [5, 5.41) is 8.88. The maximum atomic E-state index is 10.8. The van der Waals surface area contributed by atoms with Crippen LogP contribution in [0.4, 0.5) is 0 Å². The van der Waals surface area contributed by atoms with Crippen molar-refractivity contribution < 1.29 is 9.90 Å². The second kappa shape index (κ2) is 5.60. The number of aromatic carboxylic acids is 1. The molecular formula is C13H16N4O2. The van der Waals surface area contributed by atoms with Gasteiger partial charge in [-0.2, -0.15) is 0 Å². The maximum Gasteiger partial charge on any atom is 0.356 e. The number of imidazole rings is 1. The van der Waals surface area contributed by atoms with E-state index < -0.39 is 5.97 Å². The Morgan fingerprint density at radius 2 is 2.16 bits per heavy atom. The van der Waals surface area contributed by atoms with E-state index >= 15 is 0 Å². The Labute approximate surface area is 111 Å². The number of aryl methyl sites for hydroxylation is 2. The van der Waals surface area contributed by atoms with E-state index in [1.165, 1.54) is 12.5 Å². The summed E-state index contributed by atoms with van der Waals surface area (Å²) in [4.78, 5) is 23.5. The summed E-state index contributed by atoms with van der Waals surface area (Å²) >= 11 is 0. The summed E-state index contributed by atoms with van der Waals surface area (Å²) in [5.74, 6) is 0.374. The van der Waals surface area contributed by atoms with Gasteiger partial charge in [-0.3, -0.25) is 4.57 Å². The van der Waals surface area contributed by atoms with Gasteiger partial charge in [0.1, 0.15) is 18.0 Å². The van der Waals surface area contributed by atoms with E-state index in [9.17, 15) is 4.79 Å². The van der Waals surface area contributed by atoms with Crippen LogP contribution in [-0.2, 0) is 12.8 Å². The zero-order chi connectivity index (χ0) is 13.8. The smallest absolute Gasteiger partial charge is 0.356 e. The molecule has 0 aliphatic rings. The fraction of sp³-hybridized carbons (Fsp3) is 0.385. The second-order valence-electron chi connectivity index (χ2n) is 4.21. The Kier molecular flexibility index (Phi) is 3.89. The third-order valence-corrected chi connectivity index (χ3v) is 2.70. The van der Waals surface area contributed by atoms with Crippen LogP contribution >= 0.6 is 0 Å². The normalized spacial score (nSPS) is 10.6. The van der Waals surface area contributed by atoms with Gasteiger partial charge >= 0.3 is 5.97 Å². The van der Waals surface area contributed by atoms with Gasteiger partial charge in [-0.1, -0.05) is 20.3 Å². The van der Waals surface area contributed by atoms with E-state index in [1.807, 2.05) is 13.0 Å². The topological polar surface area (TPSA) is 80.9 Å². The van der Waals surface area contributed by atoms with Gasteiger partial charge in [0.05, 0.1) is 0 Å². The summed E-state index contributed by atoms with van der Waals surface area (Å²) in [7, 11) is 0. The SMILES string of the molecule is CCCc1cc(-n2cnc(C(=O)O)c2)nc(CC)n1. The lowest BCUT2D eigenvalue weighted by Crippen LogP contribution is -2.04. The zero-order valence-electron chi connectivity index (χ0n) is 11.0. The quantitative estimate of drug-likeness (QED) is 0.887. The minimum absolute atomic E-state index is 0.00806. The molecule has 0 radical (unpaired) electrons. The van der Waals surface area contributed by atoms with Crippen LogP contribution in [0.25, 0.3) is 5.82 Å². The van der Waals surface area contributed by atoms with Crippen molar-refractivity contribution in [3.8, 4) is 5.82 Å². The van der Waals surface area contributed by atoms with Crippen molar-refractivity contribution in [3.63, 3.8) is 0 Å². The standard InChI is InChI=1S/C13H16N4O2/c1-3-5-9-6-12(16-11(4-2)15-9)17-7-10(13(18)19)14-8-17/h6-8H,3-5H2,1-2H3,(H,18,19). The first kappa shape index (κ1) is 13.2. The molecule has 2 heterocycles. The number of aromatic nitrogens is 4. The number of hydrogen-bond donors (Lipinski definition) is 1. The van der Waals surface area contributed by atoms with Gasteiger partial charge in [-0.05, 0) is 6.42 Å². The molecule has 0 unspecified atom stereocenters. The van der Waals surface area contributed by atoms with E-state index in [-0.39, 0.29) is 5.69 Å². The van der Waals surface area contributed by atoms with Crippen LogP contribution in [0.2, 0.25) is 0 Å². The Morgan fingerprint density at radius 1 is 1.37 bits per heavy atom. The number of carboxylic acids is 1. The molecule has 6 nitrogen and oxygen atoms in total. The first-order valence-electron chi connectivity index (χ1n) is 6.28. The van der Waals surface area contributed by atoms with Crippen molar-refractivity contribution in [1.82, 2.24) is 19.5 Å². The summed E-state index contributed by atoms with van der Waals surface area (Å²) in [5.41, 5.74) is 0.976. The average Bonchev–Trinajstić information content (AvgIpc) is 2.88. The maximum absolute atomic E-state index is 10.8. The molecule has 2 rings (SSSR count). The zero-order valence-corrected chi connectivity index (χ0v) is 11.0. The monoisotopic (exact) mass is 260 g/mol. The highest BCUT2D eigenvalue weighted by molar-refractivity contribution is 5.85. The van der Waals surface area contributed by atoms with Gasteiger partial charge in [-0.15, -0.1) is 0 Å². The molecule has 0 fully saturated rings. The third-order valence-electron chi connectivity index (χ3n) is 2.70. The third kappa shape index (κ3) is 2.96. The molecule has 6 heteroatoms. The average molecular weight is 260 g/mol. The summed E-state index contributed by atoms with van der Waals surface area (Å²) < 4.78 is 1.61. The number of carboxylic acid groups (broad SMARTS) is 1. The molecular weight excluding hydrogens is 244 g/mol. The van der Waals surface area contributed by atoms with Crippen LogP contribution in [0.1, 0.15) is 42.3 Å². The van der Waals surface area contributed by atoms with Gasteiger partial charge in [-0.25, -0.2) is 19.7 Å². The van der Waals surface area contributed by atoms with Gasteiger partial charge < -0.3 is 5.11 Å². The fourth-order valence-corrected chi connectivity index (χ4v) is 1.77. The molecule has 2 aromatic rings. The lowest BCUT2D eigenvalue weighted by molar-refractivity contribution is 0.0691. The van der Waals surface area contributed by atoms with Crippen molar-refractivity contribution in [3.05, 3.63) is 35.8 Å². The van der Waals surface area contributed by atoms with Crippen molar-refractivity contribution in [1.29, 1.82) is 0 Å². The second-order valence-corrected chi connectivity index (χ2v) is 4.21. The molecule has 0 spiro atoms. The fourth-order valence-electron chi connectivity index (χ4n) is 1.77. The van der Waals surface area contributed by atoms with Crippen molar-refractivity contribution in [2.45, 2.75) is 33.1 Å². The van der Waals surface area contributed by atoms with Crippen LogP contribution in [0.15, 0.2) is 18.6 Å². The molecule has 0 amide bonds. The molecule has 0 bridgehead atoms. The first-order chi connectivity index (χ1) is 9.13. The molecule has 0 aliphatic heterocycles. The minimum atomic E-state index is -1.04. The van der Waals surface area contributed by atoms with Crippen molar-refractivity contribution in [2.75, 3.05) is 0 Å². The first-order valence-corrected chi connectivity index (χ1v) is 6.28. The predicted molar refractivity (Wildman–Crippen MR) is 69.5 cm³/mol. The lowest BCUT2D eigenvalue weighted by atomic mass is 10.2. The van der Waals surface area contributed by atoms with Crippen LogP contribution in [0, 0.1) is 0 Å².